The van der Waals surface area contributed by atoms with Crippen LogP contribution in [-0.2, 0) is 17.8 Å². The fraction of sp³-hybridized carbons (Fsp3) is 0.161. The SMILES string of the molecule is O=C(CNc1ccc(C(=O)NCc2ccccc2)cc1)Nc1cccc(OCCCc2ccccc2)c1. The summed E-state index contributed by atoms with van der Waals surface area (Å²) >= 11 is 0. The summed E-state index contributed by atoms with van der Waals surface area (Å²) in [6.45, 7) is 1.18. The van der Waals surface area contributed by atoms with Gasteiger partial charge in [-0.25, -0.2) is 0 Å². The van der Waals surface area contributed by atoms with E-state index < -0.39 is 0 Å². The zero-order valence-electron chi connectivity index (χ0n) is 20.7. The molecule has 4 aromatic rings. The van der Waals surface area contributed by atoms with Gasteiger partial charge in [0.25, 0.3) is 5.91 Å². The summed E-state index contributed by atoms with van der Waals surface area (Å²) in [5.74, 6) is 0.404. The van der Waals surface area contributed by atoms with Crippen LogP contribution in [0.1, 0.15) is 27.9 Å². The van der Waals surface area contributed by atoms with Crippen molar-refractivity contribution >= 4 is 23.2 Å². The Kier molecular flexibility index (Phi) is 9.30. The molecule has 3 N–H and O–H groups in total. The van der Waals surface area contributed by atoms with Crippen molar-refractivity contribution < 1.29 is 14.3 Å². The van der Waals surface area contributed by atoms with Crippen LogP contribution >= 0.6 is 0 Å². The fourth-order valence-electron chi connectivity index (χ4n) is 3.78. The van der Waals surface area contributed by atoms with Crippen LogP contribution in [0, 0.1) is 0 Å². The lowest BCUT2D eigenvalue weighted by Gasteiger charge is -2.11. The maximum Gasteiger partial charge on any atom is 0.251 e. The number of anilines is 2. The molecule has 0 atom stereocenters. The first-order valence-corrected chi connectivity index (χ1v) is 12.4. The molecule has 4 aromatic carbocycles. The molecular weight excluding hydrogens is 462 g/mol. The topological polar surface area (TPSA) is 79.5 Å². The van der Waals surface area contributed by atoms with Crippen LogP contribution in [0.2, 0.25) is 0 Å². The van der Waals surface area contributed by atoms with E-state index in [0.717, 1.165) is 29.8 Å². The van der Waals surface area contributed by atoms with Gasteiger partial charge in [-0.1, -0.05) is 66.7 Å². The standard InChI is InChI=1S/C31H31N3O3/c35-30(34-28-14-7-15-29(21-28)37-20-8-13-24-9-3-1-4-10-24)23-32-27-18-16-26(17-19-27)31(36)33-22-25-11-5-2-6-12-25/h1-7,9-12,14-19,21,32H,8,13,20,22-23H2,(H,33,36)(H,34,35). The highest BCUT2D eigenvalue weighted by atomic mass is 16.5. The van der Waals surface area contributed by atoms with Crippen molar-refractivity contribution in [3.05, 3.63) is 126 Å². The molecule has 0 unspecified atom stereocenters. The molecule has 0 spiro atoms. The number of aryl methyl sites for hydroxylation is 1. The maximum atomic E-state index is 12.4. The molecule has 0 aliphatic carbocycles. The molecule has 4 rings (SSSR count). The monoisotopic (exact) mass is 493 g/mol. The van der Waals surface area contributed by atoms with E-state index in [0.29, 0.717) is 24.4 Å². The molecule has 6 nitrogen and oxygen atoms in total. The first-order chi connectivity index (χ1) is 18.2. The van der Waals surface area contributed by atoms with Crippen molar-refractivity contribution in [2.24, 2.45) is 0 Å². The van der Waals surface area contributed by atoms with Gasteiger partial charge in [0, 0.05) is 29.5 Å². The lowest BCUT2D eigenvalue weighted by atomic mass is 10.1. The van der Waals surface area contributed by atoms with Gasteiger partial charge in [0.05, 0.1) is 13.2 Å². The van der Waals surface area contributed by atoms with Gasteiger partial charge in [-0.3, -0.25) is 9.59 Å². The normalized spacial score (nSPS) is 10.4. The Morgan fingerprint density at radius 2 is 1.41 bits per heavy atom. The molecule has 0 bridgehead atoms. The van der Waals surface area contributed by atoms with E-state index in [-0.39, 0.29) is 18.4 Å². The highest BCUT2D eigenvalue weighted by Gasteiger charge is 2.07. The lowest BCUT2D eigenvalue weighted by molar-refractivity contribution is -0.114. The van der Waals surface area contributed by atoms with Gasteiger partial charge in [0.15, 0.2) is 0 Å². The quantitative estimate of drug-likeness (QED) is 0.222. The highest BCUT2D eigenvalue weighted by molar-refractivity contribution is 5.95. The van der Waals surface area contributed by atoms with E-state index in [4.69, 9.17) is 4.74 Å². The average Bonchev–Trinajstić information content (AvgIpc) is 2.94. The predicted octanol–water partition coefficient (Wildman–Crippen LogP) is 5.68. The highest BCUT2D eigenvalue weighted by Crippen LogP contribution is 2.18. The van der Waals surface area contributed by atoms with Crippen molar-refractivity contribution in [2.45, 2.75) is 19.4 Å². The third-order valence-corrected chi connectivity index (χ3v) is 5.74. The van der Waals surface area contributed by atoms with Gasteiger partial charge in [0.1, 0.15) is 5.75 Å². The Hall–Kier alpha value is -4.58. The Morgan fingerprint density at radius 3 is 2.14 bits per heavy atom. The van der Waals surface area contributed by atoms with Crippen molar-refractivity contribution in [3.63, 3.8) is 0 Å². The van der Waals surface area contributed by atoms with Crippen LogP contribution in [0.5, 0.6) is 5.75 Å². The number of hydrogen-bond acceptors (Lipinski definition) is 4. The minimum absolute atomic E-state index is 0.0989. The van der Waals surface area contributed by atoms with Gasteiger partial charge in [0.2, 0.25) is 5.91 Å². The second-order valence-corrected chi connectivity index (χ2v) is 8.61. The average molecular weight is 494 g/mol. The summed E-state index contributed by atoms with van der Waals surface area (Å²) in [5, 5.41) is 8.88. The molecule has 0 heterocycles. The summed E-state index contributed by atoms with van der Waals surface area (Å²) in [6.07, 6.45) is 1.88. The van der Waals surface area contributed by atoms with Crippen molar-refractivity contribution in [1.82, 2.24) is 5.32 Å². The first kappa shape index (κ1) is 25.5. The molecule has 0 saturated heterocycles. The molecule has 0 radical (unpaired) electrons. The maximum absolute atomic E-state index is 12.4. The largest absolute Gasteiger partial charge is 0.494 e. The number of carbonyl (C=O) groups is 2. The lowest BCUT2D eigenvalue weighted by Crippen LogP contribution is -2.23. The van der Waals surface area contributed by atoms with E-state index in [1.165, 1.54) is 5.56 Å². The molecule has 0 saturated carbocycles. The van der Waals surface area contributed by atoms with Gasteiger partial charge in [-0.15, -0.1) is 0 Å². The Morgan fingerprint density at radius 1 is 0.703 bits per heavy atom. The Balaban J connectivity index is 1.18. The van der Waals surface area contributed by atoms with E-state index in [1.807, 2.05) is 72.8 Å². The number of benzene rings is 4. The van der Waals surface area contributed by atoms with E-state index >= 15 is 0 Å². The molecule has 0 aliphatic heterocycles. The molecule has 37 heavy (non-hydrogen) atoms. The van der Waals surface area contributed by atoms with Crippen molar-refractivity contribution in [1.29, 1.82) is 0 Å². The van der Waals surface area contributed by atoms with Crippen LogP contribution < -0.4 is 20.7 Å². The molecule has 0 aliphatic rings. The number of carbonyl (C=O) groups excluding carboxylic acids is 2. The van der Waals surface area contributed by atoms with Crippen LogP contribution in [0.25, 0.3) is 0 Å². The summed E-state index contributed by atoms with van der Waals surface area (Å²) in [5.41, 5.74) is 4.33. The number of hydrogen-bond donors (Lipinski definition) is 3. The van der Waals surface area contributed by atoms with Crippen LogP contribution in [-0.4, -0.2) is 25.0 Å². The Labute approximate surface area is 217 Å². The number of amides is 2. The van der Waals surface area contributed by atoms with Gasteiger partial charge >= 0.3 is 0 Å². The third-order valence-electron chi connectivity index (χ3n) is 5.74. The minimum Gasteiger partial charge on any atom is -0.494 e. The second kappa shape index (κ2) is 13.5. The van der Waals surface area contributed by atoms with E-state index in [2.05, 4.69) is 28.1 Å². The fourth-order valence-corrected chi connectivity index (χ4v) is 3.78. The van der Waals surface area contributed by atoms with Crippen LogP contribution in [0.15, 0.2) is 109 Å². The Bertz CT molecular complexity index is 1280. The summed E-state index contributed by atoms with van der Waals surface area (Å²) in [6, 6.07) is 34.5. The summed E-state index contributed by atoms with van der Waals surface area (Å²) in [4.78, 5) is 24.8. The molecule has 2 amide bonds. The van der Waals surface area contributed by atoms with Gasteiger partial charge < -0.3 is 20.7 Å². The molecule has 188 valence electrons. The number of nitrogens with one attached hydrogen (secondary N) is 3. The second-order valence-electron chi connectivity index (χ2n) is 8.61. The number of rotatable bonds is 12. The smallest absolute Gasteiger partial charge is 0.251 e. The van der Waals surface area contributed by atoms with E-state index in [1.54, 1.807) is 24.3 Å². The molecule has 0 aromatic heterocycles. The van der Waals surface area contributed by atoms with Gasteiger partial charge in [-0.2, -0.15) is 0 Å². The summed E-state index contributed by atoms with van der Waals surface area (Å²) in [7, 11) is 0. The van der Waals surface area contributed by atoms with Gasteiger partial charge in [-0.05, 0) is 60.4 Å². The van der Waals surface area contributed by atoms with E-state index in [9.17, 15) is 9.59 Å². The van der Waals surface area contributed by atoms with Crippen LogP contribution in [0.3, 0.4) is 0 Å². The minimum atomic E-state index is -0.175. The molecule has 6 heteroatoms. The predicted molar refractivity (Wildman–Crippen MR) is 148 cm³/mol. The zero-order chi connectivity index (χ0) is 25.7. The van der Waals surface area contributed by atoms with Crippen LogP contribution in [0.4, 0.5) is 11.4 Å². The summed E-state index contributed by atoms with van der Waals surface area (Å²) < 4.78 is 5.85. The number of ether oxygens (including phenoxy) is 1. The third kappa shape index (κ3) is 8.54. The zero-order valence-corrected chi connectivity index (χ0v) is 20.7. The first-order valence-electron chi connectivity index (χ1n) is 12.4. The van der Waals surface area contributed by atoms with Crippen molar-refractivity contribution in [3.8, 4) is 5.75 Å². The molecule has 0 fully saturated rings. The van der Waals surface area contributed by atoms with Crippen molar-refractivity contribution in [2.75, 3.05) is 23.8 Å². The molecular formula is C31H31N3O3.